The van der Waals surface area contributed by atoms with Crippen LogP contribution >= 0.6 is 118 Å². The van der Waals surface area contributed by atoms with Crippen LogP contribution in [0.4, 0.5) is 9.59 Å². The molecule has 1 unspecified atom stereocenters. The third-order valence-corrected chi connectivity index (χ3v) is 15.4. The molecule has 0 aliphatic rings. The van der Waals surface area contributed by atoms with Gasteiger partial charge in [-0.1, -0.05) is 23.5 Å². The van der Waals surface area contributed by atoms with E-state index in [1.165, 1.54) is 35.5 Å². The van der Waals surface area contributed by atoms with E-state index < -0.39 is 11.2 Å². The molecule has 46 heavy (non-hydrogen) atoms. The molecule has 0 aromatic heterocycles. The molecular formula is C24H46N4O7S11. The molecule has 270 valence electrons. The quantitative estimate of drug-likeness (QED) is 0.0127. The summed E-state index contributed by atoms with van der Waals surface area (Å²) in [5, 5.41) is 23.9. The lowest BCUT2D eigenvalue weighted by molar-refractivity contribution is -0.196. The second-order valence-electron chi connectivity index (χ2n) is 7.70. The highest BCUT2D eigenvalue weighted by atomic mass is 32.2. The van der Waals surface area contributed by atoms with Gasteiger partial charge in [0.2, 0.25) is 11.9 Å². The van der Waals surface area contributed by atoms with Crippen LogP contribution < -0.4 is 10.6 Å². The molecule has 0 spiro atoms. The van der Waals surface area contributed by atoms with Gasteiger partial charge in [0.25, 0.3) is 10.5 Å². The first-order chi connectivity index (χ1) is 22.6. The summed E-state index contributed by atoms with van der Waals surface area (Å²) in [4.78, 5) is 41.9. The number of aliphatic hydroxyl groups is 2. The minimum atomic E-state index is -1.04. The number of nitrogens with zero attached hydrogens (tertiary/aromatic N) is 2. The van der Waals surface area contributed by atoms with Crippen LogP contribution in [0.2, 0.25) is 0 Å². The molecular weight excluding hydrogens is 809 g/mol. The normalized spacial score (nSPS) is 12.2. The lowest BCUT2D eigenvalue weighted by Crippen LogP contribution is -2.18. The highest BCUT2D eigenvalue weighted by molar-refractivity contribution is 8.24. The summed E-state index contributed by atoms with van der Waals surface area (Å²) in [6.07, 6.45) is 1.31. The van der Waals surface area contributed by atoms with Gasteiger partial charge < -0.3 is 30.3 Å². The average molecular weight is 855 g/mol. The minimum absolute atomic E-state index is 0.00560. The molecule has 0 saturated heterocycles. The van der Waals surface area contributed by atoms with E-state index in [2.05, 4.69) is 20.6 Å². The first-order valence-corrected chi connectivity index (χ1v) is 26.5. The maximum absolute atomic E-state index is 11.9. The molecule has 0 aliphatic heterocycles. The highest BCUT2D eigenvalue weighted by Crippen LogP contribution is 2.15. The van der Waals surface area contributed by atoms with Crippen LogP contribution in [-0.4, -0.2) is 154 Å². The van der Waals surface area contributed by atoms with Crippen molar-refractivity contribution in [2.24, 2.45) is 9.98 Å². The largest absolute Gasteiger partial charge is 0.611 e. The summed E-state index contributed by atoms with van der Waals surface area (Å²) in [7, 11) is 0. The molecule has 22 heteroatoms. The van der Waals surface area contributed by atoms with Gasteiger partial charge in [0.05, 0.1) is 36.7 Å². The van der Waals surface area contributed by atoms with Crippen molar-refractivity contribution in [1.82, 2.24) is 10.6 Å². The molecule has 0 aromatic rings. The predicted octanol–water partition coefficient (Wildman–Crippen LogP) is 5.22. The Morgan fingerprint density at radius 2 is 1.24 bits per heavy atom. The van der Waals surface area contributed by atoms with E-state index in [4.69, 9.17) is 20.0 Å². The van der Waals surface area contributed by atoms with Crippen LogP contribution in [0.5, 0.6) is 0 Å². The van der Waals surface area contributed by atoms with E-state index in [1.807, 2.05) is 0 Å². The van der Waals surface area contributed by atoms with Crippen LogP contribution in [-0.2, 0) is 21.0 Å². The highest BCUT2D eigenvalue weighted by Gasteiger charge is 2.04. The number of amides is 2. The first kappa shape index (κ1) is 47.8. The lowest BCUT2D eigenvalue weighted by atomic mass is 10.9. The van der Waals surface area contributed by atoms with Gasteiger partial charge in [-0.05, 0) is 11.2 Å². The molecule has 0 fully saturated rings. The van der Waals surface area contributed by atoms with E-state index in [-0.39, 0.29) is 23.7 Å². The van der Waals surface area contributed by atoms with Crippen molar-refractivity contribution in [2.75, 3.05) is 117 Å². The number of rotatable bonds is 34. The van der Waals surface area contributed by atoms with Gasteiger partial charge in [0, 0.05) is 68.4 Å². The number of aliphatic hydroxyl groups excluding tert-OH is 2. The van der Waals surface area contributed by atoms with Gasteiger partial charge >= 0.3 is 0 Å². The number of nitrogens with one attached hydrogen (secondary N) is 2. The van der Waals surface area contributed by atoms with E-state index >= 15 is 0 Å². The maximum atomic E-state index is 11.9. The minimum Gasteiger partial charge on any atom is -0.611 e. The lowest BCUT2D eigenvalue weighted by Gasteiger charge is -2.05. The Kier molecular flexibility index (Phi) is 42.8. The zero-order valence-electron chi connectivity index (χ0n) is 25.6. The maximum Gasteiger partial charge on any atom is 0.280 e. The van der Waals surface area contributed by atoms with Crippen LogP contribution in [0.15, 0.2) is 9.98 Å². The average Bonchev–Trinajstić information content (AvgIpc) is 3.05. The van der Waals surface area contributed by atoms with Crippen LogP contribution in [0.1, 0.15) is 0 Å². The Bertz CT molecular complexity index is 756. The SMILES string of the molecule is O=C(NCSCCSC/N=C\OOCSCCSCSC(=O)NCSCCSC/N=C/[S+]([O-])CCSCCO)SCCSCCO. The fourth-order valence-electron chi connectivity index (χ4n) is 2.25. The van der Waals surface area contributed by atoms with E-state index in [0.29, 0.717) is 51.8 Å². The molecule has 0 radical (unpaired) electrons. The van der Waals surface area contributed by atoms with Gasteiger partial charge in [0.15, 0.2) is 0 Å². The third kappa shape index (κ3) is 40.2. The van der Waals surface area contributed by atoms with Gasteiger partial charge in [0.1, 0.15) is 11.7 Å². The summed E-state index contributed by atoms with van der Waals surface area (Å²) in [5.74, 6) is 12.5. The molecule has 11 nitrogen and oxygen atoms in total. The summed E-state index contributed by atoms with van der Waals surface area (Å²) in [6.45, 7) is 0.326. The Morgan fingerprint density at radius 1 is 0.674 bits per heavy atom. The van der Waals surface area contributed by atoms with Crippen molar-refractivity contribution >= 4 is 151 Å². The van der Waals surface area contributed by atoms with Gasteiger partial charge in [-0.3, -0.25) is 9.59 Å². The van der Waals surface area contributed by atoms with E-state index in [9.17, 15) is 14.1 Å². The van der Waals surface area contributed by atoms with Crippen LogP contribution in [0, 0.1) is 0 Å². The third-order valence-electron chi connectivity index (χ3n) is 4.23. The monoisotopic (exact) mass is 854 g/mol. The van der Waals surface area contributed by atoms with Crippen molar-refractivity contribution < 1.29 is 34.1 Å². The second-order valence-corrected chi connectivity index (χ2v) is 20.4. The van der Waals surface area contributed by atoms with E-state index in [1.54, 1.807) is 94.1 Å². The van der Waals surface area contributed by atoms with E-state index in [0.717, 1.165) is 51.8 Å². The summed E-state index contributed by atoms with van der Waals surface area (Å²) >= 11 is 14.7. The molecule has 0 saturated carbocycles. The zero-order chi connectivity index (χ0) is 33.6. The zero-order valence-corrected chi connectivity index (χ0v) is 34.6. The molecule has 0 heterocycles. The molecule has 1 atom stereocenters. The van der Waals surface area contributed by atoms with Gasteiger partial charge in [-0.2, -0.15) is 28.4 Å². The number of carbonyl (C=O) groups excluding carboxylic acids is 2. The molecule has 0 aliphatic carbocycles. The Labute approximate surface area is 319 Å². The van der Waals surface area contributed by atoms with Crippen molar-refractivity contribution in [3.8, 4) is 0 Å². The summed E-state index contributed by atoms with van der Waals surface area (Å²) in [5.41, 5.74) is 1.51. The number of hydrogen-bond acceptors (Lipinski definition) is 19. The molecule has 0 rings (SSSR count). The molecule has 0 aromatic carbocycles. The standard InChI is InChI=1S/C24H46N4O7S11/c29-1-3-36-11-12-44-23(31)27-18-40-7-5-38-16-25-15-34-35-21-42-9-10-43-22-45-24(32)28-19-41-8-6-39-17-26-20-46(33)14-13-37-4-2-30/h15,20,29-30H,1-14,16-19,21-22H2,(H,27,31)(H,28,32)/b25-15-,26-20+. The van der Waals surface area contributed by atoms with Crippen molar-refractivity contribution in [3.05, 3.63) is 0 Å². The number of aliphatic imine (C=N–C) groups is 2. The number of hydrogen-bond donors (Lipinski definition) is 4. The smallest absolute Gasteiger partial charge is 0.280 e. The van der Waals surface area contributed by atoms with Crippen molar-refractivity contribution in [3.63, 3.8) is 0 Å². The van der Waals surface area contributed by atoms with Crippen molar-refractivity contribution in [2.45, 2.75) is 0 Å². The predicted molar refractivity (Wildman–Crippen MR) is 222 cm³/mol. The Hall–Kier alpha value is 1.77. The number of carbonyl (C=O) groups is 2. The van der Waals surface area contributed by atoms with Gasteiger partial charge in [-0.25, -0.2) is 9.98 Å². The summed E-state index contributed by atoms with van der Waals surface area (Å²) in [6, 6.07) is 0. The first-order valence-electron chi connectivity index (χ1n) is 13.9. The Balaban J connectivity index is 3.32. The number of thioether (sulfide) groups is 10. The van der Waals surface area contributed by atoms with Crippen molar-refractivity contribution in [1.29, 1.82) is 0 Å². The van der Waals surface area contributed by atoms with Crippen LogP contribution in [0.25, 0.3) is 0 Å². The van der Waals surface area contributed by atoms with Gasteiger partial charge in [-0.15, -0.1) is 70.6 Å². The fourth-order valence-corrected chi connectivity index (χ4v) is 11.7. The second kappa shape index (κ2) is 41.2. The van der Waals surface area contributed by atoms with Crippen LogP contribution in [0.3, 0.4) is 0 Å². The summed E-state index contributed by atoms with van der Waals surface area (Å²) < 4.78 is 11.7. The molecule has 2 amide bonds. The molecule has 4 N–H and O–H groups in total. The Morgan fingerprint density at radius 3 is 1.93 bits per heavy atom. The molecule has 0 bridgehead atoms. The fraction of sp³-hybridized carbons (Fsp3) is 0.833. The topological polar surface area (TPSA) is 165 Å².